The first-order chi connectivity index (χ1) is 26.5. The molecule has 56 heavy (non-hydrogen) atoms. The lowest BCUT2D eigenvalue weighted by molar-refractivity contribution is -0.337. The van der Waals surface area contributed by atoms with Crippen LogP contribution in [0.3, 0.4) is 0 Å². The van der Waals surface area contributed by atoms with Crippen LogP contribution in [-0.4, -0.2) is 145 Å². The third-order valence-electron chi connectivity index (χ3n) is 15.6. The number of carbonyl (C=O) groups is 1. The number of hydrogen-bond acceptors (Lipinski definition) is 14. The summed E-state index contributed by atoms with van der Waals surface area (Å²) in [4.78, 5) is 13.1. The molecule has 14 nitrogen and oxygen atoms in total. The number of Topliss-reactive ketones (excluding diaryl/α,β-unsaturated/α-hetero) is 1. The molecule has 7 rings (SSSR count). The summed E-state index contributed by atoms with van der Waals surface area (Å²) in [6, 6.07) is 0. The van der Waals surface area contributed by atoms with Gasteiger partial charge in [-0.1, -0.05) is 25.5 Å². The molecular formula is C42H68O14. The Hall–Kier alpha value is -1.11. The molecule has 0 aromatic rings. The second-order valence-electron chi connectivity index (χ2n) is 18.4. The molecule has 6 fully saturated rings. The number of methoxy groups -OCH3 is 3. The van der Waals surface area contributed by atoms with Crippen LogP contribution in [0, 0.1) is 22.7 Å². The van der Waals surface area contributed by atoms with Gasteiger partial charge in [-0.2, -0.15) is 0 Å². The van der Waals surface area contributed by atoms with Crippen LogP contribution in [0.15, 0.2) is 11.6 Å². The standard InChI is InChI=1S/C42H68O14/c1-22-36(45)30(49-7)19-34(51-22)56-38-24(3)53-35(20-31(38)50-8)55-37-23(2)52-33(18-29(37)43)54-26-11-13-39(4)25(17-26)9-10-28-27(39)12-14-40(5)41(28,46)15-16-42(40,47)32(44)21-48-6/h9,22-24,26-31,33-38,43,45-47H,10-21H2,1-8H3. The Morgan fingerprint density at radius 1 is 0.768 bits per heavy atom. The van der Waals surface area contributed by atoms with Crippen molar-refractivity contribution >= 4 is 5.78 Å². The second kappa shape index (κ2) is 16.4. The largest absolute Gasteiger partial charge is 0.390 e. The molecule has 0 bridgehead atoms. The number of ether oxygens (including phenoxy) is 9. The van der Waals surface area contributed by atoms with Crippen LogP contribution in [0.1, 0.15) is 105 Å². The van der Waals surface area contributed by atoms with E-state index in [1.54, 1.807) is 21.1 Å². The van der Waals surface area contributed by atoms with Crippen LogP contribution in [0.4, 0.5) is 0 Å². The quantitative estimate of drug-likeness (QED) is 0.224. The summed E-state index contributed by atoms with van der Waals surface area (Å²) in [7, 11) is 4.65. The third-order valence-corrected chi connectivity index (χ3v) is 15.6. The number of fused-ring (bicyclic) bond motifs is 5. The molecular weight excluding hydrogens is 728 g/mol. The Balaban J connectivity index is 0.927. The first-order valence-electron chi connectivity index (χ1n) is 21.0. The number of rotatable bonds is 11. The van der Waals surface area contributed by atoms with Crippen LogP contribution in [0.5, 0.6) is 0 Å². The Morgan fingerprint density at radius 3 is 2.05 bits per heavy atom. The van der Waals surface area contributed by atoms with Crippen LogP contribution in [0.25, 0.3) is 0 Å². The van der Waals surface area contributed by atoms with Crippen LogP contribution < -0.4 is 0 Å². The molecule has 3 saturated heterocycles. The second-order valence-corrected chi connectivity index (χ2v) is 18.4. The predicted molar refractivity (Wildman–Crippen MR) is 200 cm³/mol. The fraction of sp³-hybridized carbons (Fsp3) is 0.929. The van der Waals surface area contributed by atoms with Gasteiger partial charge in [-0.15, -0.1) is 0 Å². The van der Waals surface area contributed by atoms with E-state index in [-0.39, 0.29) is 54.7 Å². The summed E-state index contributed by atoms with van der Waals surface area (Å²) < 4.78 is 54.2. The summed E-state index contributed by atoms with van der Waals surface area (Å²) >= 11 is 0. The number of aliphatic hydroxyl groups excluding tert-OH is 2. The van der Waals surface area contributed by atoms with Gasteiger partial charge >= 0.3 is 0 Å². The highest BCUT2D eigenvalue weighted by Crippen LogP contribution is 2.69. The molecule has 0 aromatic carbocycles. The monoisotopic (exact) mass is 796 g/mol. The molecule has 0 aromatic heterocycles. The fourth-order valence-electron chi connectivity index (χ4n) is 12.1. The highest BCUT2D eigenvalue weighted by molar-refractivity contribution is 5.90. The fourth-order valence-corrected chi connectivity index (χ4v) is 12.1. The number of carbonyl (C=O) groups excluding carboxylic acids is 1. The normalized spacial score (nSPS) is 52.1. The van der Waals surface area contributed by atoms with Gasteiger partial charge < -0.3 is 63.1 Å². The van der Waals surface area contributed by atoms with Crippen molar-refractivity contribution in [3.8, 4) is 0 Å². The van der Waals surface area contributed by atoms with Crippen molar-refractivity contribution in [3.05, 3.63) is 11.6 Å². The molecule has 19 unspecified atom stereocenters. The van der Waals surface area contributed by atoms with E-state index in [0.29, 0.717) is 32.1 Å². The van der Waals surface area contributed by atoms with Gasteiger partial charge in [0.15, 0.2) is 24.7 Å². The minimum atomic E-state index is -1.60. The van der Waals surface area contributed by atoms with Crippen LogP contribution >= 0.6 is 0 Å². The lowest BCUT2D eigenvalue weighted by atomic mass is 9.45. The van der Waals surface area contributed by atoms with E-state index in [2.05, 4.69) is 13.0 Å². The Bertz CT molecular complexity index is 1420. The van der Waals surface area contributed by atoms with Crippen molar-refractivity contribution in [2.45, 2.75) is 196 Å². The maximum absolute atomic E-state index is 13.1. The smallest absolute Gasteiger partial charge is 0.190 e. The number of allylic oxidation sites excluding steroid dienone is 1. The van der Waals surface area contributed by atoms with Crippen LogP contribution in [-0.2, 0) is 47.4 Å². The Kier molecular flexibility index (Phi) is 12.6. The van der Waals surface area contributed by atoms with Crippen molar-refractivity contribution < 1.29 is 67.9 Å². The number of hydrogen-bond donors (Lipinski definition) is 4. The molecule has 14 heteroatoms. The van der Waals surface area contributed by atoms with E-state index in [4.69, 9.17) is 42.6 Å². The van der Waals surface area contributed by atoms with Gasteiger partial charge in [-0.3, -0.25) is 4.79 Å². The van der Waals surface area contributed by atoms with E-state index >= 15 is 0 Å². The van der Waals surface area contributed by atoms with Crippen molar-refractivity contribution in [1.29, 1.82) is 0 Å². The van der Waals surface area contributed by atoms with Gasteiger partial charge in [0.25, 0.3) is 0 Å². The zero-order chi connectivity index (χ0) is 40.4. The van der Waals surface area contributed by atoms with Gasteiger partial charge in [0.1, 0.15) is 30.5 Å². The van der Waals surface area contributed by atoms with E-state index < -0.39 is 84.3 Å². The molecule has 7 aliphatic rings. The molecule has 4 aliphatic carbocycles. The van der Waals surface area contributed by atoms with Gasteiger partial charge in [-0.05, 0) is 89.4 Å². The number of aliphatic hydroxyl groups is 4. The first-order valence-corrected chi connectivity index (χ1v) is 21.0. The Morgan fingerprint density at radius 2 is 1.39 bits per heavy atom. The molecule has 0 spiro atoms. The minimum Gasteiger partial charge on any atom is -0.390 e. The molecule has 0 amide bonds. The van der Waals surface area contributed by atoms with E-state index in [0.717, 1.165) is 25.7 Å². The zero-order valence-electron chi connectivity index (χ0n) is 34.6. The SMILES string of the molecule is COCC(=O)C1(O)CCC2(O)C3CC=C4CC(OC5CC(O)C(OC6CC(OC)C(OC7CC(OC)C(O)C(C)O7)C(C)O6)C(C)O5)CCC4(C)C3CCC12C. The molecule has 4 N–H and O–H groups in total. The van der Waals surface area contributed by atoms with Crippen molar-refractivity contribution in [2.75, 3.05) is 27.9 Å². The maximum Gasteiger partial charge on any atom is 0.190 e. The molecule has 19 atom stereocenters. The first kappa shape index (κ1) is 43.0. The summed E-state index contributed by atoms with van der Waals surface area (Å²) in [5, 5.41) is 45.9. The summed E-state index contributed by atoms with van der Waals surface area (Å²) in [5.74, 6) is -0.151. The van der Waals surface area contributed by atoms with E-state index in [1.807, 2.05) is 20.8 Å². The van der Waals surface area contributed by atoms with E-state index in [9.17, 15) is 25.2 Å². The van der Waals surface area contributed by atoms with Crippen LogP contribution in [0.2, 0.25) is 0 Å². The van der Waals surface area contributed by atoms with Crippen molar-refractivity contribution in [1.82, 2.24) is 0 Å². The average molecular weight is 797 g/mol. The third kappa shape index (κ3) is 7.28. The maximum atomic E-state index is 13.1. The molecule has 3 aliphatic heterocycles. The van der Waals surface area contributed by atoms with Gasteiger partial charge in [-0.25, -0.2) is 0 Å². The van der Waals surface area contributed by atoms with Gasteiger partial charge in [0.2, 0.25) is 0 Å². The van der Waals surface area contributed by atoms with Gasteiger partial charge in [0.05, 0.1) is 48.3 Å². The minimum absolute atomic E-state index is 0.0477. The highest BCUT2D eigenvalue weighted by Gasteiger charge is 2.73. The van der Waals surface area contributed by atoms with Gasteiger partial charge in [0, 0.05) is 46.0 Å². The molecule has 0 radical (unpaired) electrons. The van der Waals surface area contributed by atoms with E-state index in [1.165, 1.54) is 12.7 Å². The summed E-state index contributed by atoms with van der Waals surface area (Å²) in [6.07, 6.45) is 1.85. The summed E-state index contributed by atoms with van der Waals surface area (Å²) in [5.41, 5.74) is -2.44. The molecule has 3 heterocycles. The zero-order valence-corrected chi connectivity index (χ0v) is 34.6. The average Bonchev–Trinajstić information content (AvgIpc) is 3.38. The van der Waals surface area contributed by atoms with Crippen molar-refractivity contribution in [2.24, 2.45) is 22.7 Å². The molecule has 320 valence electrons. The topological polar surface area (TPSA) is 181 Å². The molecule has 3 saturated carbocycles. The predicted octanol–water partition coefficient (Wildman–Crippen LogP) is 3.32. The lowest BCUT2D eigenvalue weighted by Gasteiger charge is -2.62. The van der Waals surface area contributed by atoms with Crippen molar-refractivity contribution in [3.63, 3.8) is 0 Å². The summed E-state index contributed by atoms with van der Waals surface area (Å²) in [6.45, 7) is 9.64. The highest BCUT2D eigenvalue weighted by atomic mass is 16.7. The Labute approximate surface area is 331 Å². The lowest BCUT2D eigenvalue weighted by Crippen LogP contribution is -2.66. The number of ketones is 1.